The Kier molecular flexibility index (Phi) is 28.7. The molecule has 0 radical (unpaired) electrons. The Labute approximate surface area is 425 Å². The summed E-state index contributed by atoms with van der Waals surface area (Å²) in [4.78, 5) is 151. The predicted molar refractivity (Wildman–Crippen MR) is 253 cm³/mol. The average Bonchev–Trinajstić information content (AvgIpc) is 3.99. The first-order chi connectivity index (χ1) is 34.5. The summed E-state index contributed by atoms with van der Waals surface area (Å²) in [5, 5.41) is 49.0. The molecule has 2 aliphatic heterocycles. The number of β-amino-alcohol motifs (C(OH)–C–C–N with tert-alkyl or cyclic N) is 1. The number of unbranched alkanes of at least 4 members (excludes halogenated alkanes) is 1. The Morgan fingerprint density at radius 1 is 0.676 bits per heavy atom. The van der Waals surface area contributed by atoms with Gasteiger partial charge >= 0.3 is 18.1 Å². The number of carbonyl (C=O) groups is 12. The van der Waals surface area contributed by atoms with Crippen molar-refractivity contribution >= 4 is 71.0 Å². The minimum absolute atomic E-state index is 0.0903. The Hall–Kier alpha value is -6.69. The van der Waals surface area contributed by atoms with E-state index in [1.807, 2.05) is 0 Å². The molecule has 0 aliphatic carbocycles. The van der Waals surface area contributed by atoms with Gasteiger partial charge in [-0.2, -0.15) is 13.2 Å². The van der Waals surface area contributed by atoms with Crippen molar-refractivity contribution in [1.29, 1.82) is 0 Å². The number of amides is 10. The standard InChI is InChI=1S/C42H72N12O13.C2HF3O2/c1-22(2)15-29(53-39(63)26(11-12-32(44)56)50-33(57)19-46-37(61)28-17-25(55)18-45-28)38(62)47-20-34(58)51-30(16-23(3)4)40(64)49-24(5)36(60)48-21-35(59)54-14-8-10-31(54)41(65)52-27(42(66)67)9-6-7-13-43;3-2(4,5)1(6)7/h22-31,45,55H,6-21,43H2,1-5H3,(H2,44,56)(H,46,61)(H,47,62)(H,48,60)(H,49,64)(H,50,57)(H,51,58)(H,52,65)(H,53,63)(H,66,67);(H,6,7)/t24-,25+,26-,27-,28-,29-,30-,31-;/m0./s1. The van der Waals surface area contributed by atoms with Crippen LogP contribution in [0.5, 0.6) is 0 Å². The first kappa shape index (κ1) is 65.3. The van der Waals surface area contributed by atoms with Gasteiger partial charge in [0.05, 0.1) is 31.8 Å². The van der Waals surface area contributed by atoms with Crippen molar-refractivity contribution in [3.8, 4) is 0 Å². The topological polar surface area (TPSA) is 429 Å². The molecule has 0 aromatic rings. The maximum absolute atomic E-state index is 13.4. The number of carboxylic acid groups (broad SMARTS) is 2. The molecular formula is C44H73F3N12O15. The first-order valence-electron chi connectivity index (χ1n) is 24.0. The average molecular weight is 1070 g/mol. The van der Waals surface area contributed by atoms with Crippen LogP contribution in [0, 0.1) is 11.8 Å². The zero-order valence-corrected chi connectivity index (χ0v) is 42.1. The first-order valence-corrected chi connectivity index (χ1v) is 24.0. The zero-order valence-electron chi connectivity index (χ0n) is 42.1. The van der Waals surface area contributed by atoms with E-state index >= 15 is 0 Å². The highest BCUT2D eigenvalue weighted by atomic mass is 19.4. The van der Waals surface area contributed by atoms with Crippen LogP contribution in [0.4, 0.5) is 13.2 Å². The molecule has 0 unspecified atom stereocenters. The minimum Gasteiger partial charge on any atom is -0.480 e. The van der Waals surface area contributed by atoms with Crippen molar-refractivity contribution in [2.75, 3.05) is 39.3 Å². The highest BCUT2D eigenvalue weighted by Crippen LogP contribution is 2.18. The minimum atomic E-state index is -5.08. The number of aliphatic hydroxyl groups is 1. The Bertz CT molecular complexity index is 1980. The number of primary amides is 1. The van der Waals surface area contributed by atoms with Crippen LogP contribution in [-0.2, 0) is 57.5 Å². The third-order valence-electron chi connectivity index (χ3n) is 11.1. The van der Waals surface area contributed by atoms with E-state index in [1.165, 1.54) is 11.8 Å². The van der Waals surface area contributed by atoms with Crippen molar-refractivity contribution in [3.05, 3.63) is 0 Å². The van der Waals surface area contributed by atoms with Crippen LogP contribution >= 0.6 is 0 Å². The lowest BCUT2D eigenvalue weighted by molar-refractivity contribution is -0.192. The van der Waals surface area contributed by atoms with Gasteiger partial charge in [-0.1, -0.05) is 27.7 Å². The van der Waals surface area contributed by atoms with Gasteiger partial charge in [0.25, 0.3) is 0 Å². The predicted octanol–water partition coefficient (Wildman–Crippen LogP) is -4.30. The smallest absolute Gasteiger partial charge is 0.480 e. The summed E-state index contributed by atoms with van der Waals surface area (Å²) < 4.78 is 31.7. The largest absolute Gasteiger partial charge is 0.490 e. The van der Waals surface area contributed by atoms with Gasteiger partial charge in [0.2, 0.25) is 59.1 Å². The van der Waals surface area contributed by atoms with Gasteiger partial charge in [0, 0.05) is 19.5 Å². The van der Waals surface area contributed by atoms with Gasteiger partial charge in [0.1, 0.15) is 36.3 Å². The second kappa shape index (κ2) is 32.5. The van der Waals surface area contributed by atoms with Crippen LogP contribution in [0.1, 0.15) is 98.8 Å². The van der Waals surface area contributed by atoms with Crippen LogP contribution < -0.4 is 59.3 Å². The second-order valence-corrected chi connectivity index (χ2v) is 18.5. The second-order valence-electron chi connectivity index (χ2n) is 18.5. The number of nitrogens with zero attached hydrogens (tertiary/aromatic N) is 1. The van der Waals surface area contributed by atoms with Crippen LogP contribution in [-0.4, -0.2) is 185 Å². The molecule has 0 aromatic heterocycles. The molecule has 0 aromatic carbocycles. The van der Waals surface area contributed by atoms with Gasteiger partial charge in [-0.3, -0.25) is 47.9 Å². The number of rotatable bonds is 29. The van der Waals surface area contributed by atoms with Crippen LogP contribution in [0.15, 0.2) is 0 Å². The number of nitrogens with two attached hydrogens (primary N) is 2. The summed E-state index contributed by atoms with van der Waals surface area (Å²) in [5.74, 6) is -11.4. The van der Waals surface area contributed by atoms with Gasteiger partial charge in [-0.25, -0.2) is 9.59 Å². The molecule has 2 rings (SSSR count). The number of likely N-dealkylation sites (tertiary alicyclic amines) is 1. The number of carbonyl (C=O) groups excluding carboxylic acids is 10. The summed E-state index contributed by atoms with van der Waals surface area (Å²) in [7, 11) is 0. The molecule has 0 saturated carbocycles. The normalized spacial score (nSPS) is 18.2. The van der Waals surface area contributed by atoms with E-state index in [9.17, 15) is 76.1 Å². The molecule has 420 valence electrons. The molecule has 2 aliphatic rings. The fourth-order valence-corrected chi connectivity index (χ4v) is 7.38. The lowest BCUT2D eigenvalue weighted by Crippen LogP contribution is -2.57. The summed E-state index contributed by atoms with van der Waals surface area (Å²) >= 11 is 0. The van der Waals surface area contributed by atoms with Crippen LogP contribution in [0.25, 0.3) is 0 Å². The van der Waals surface area contributed by atoms with Crippen molar-refractivity contribution in [1.82, 2.24) is 52.8 Å². The molecule has 0 spiro atoms. The lowest BCUT2D eigenvalue weighted by Gasteiger charge is -2.26. The number of carboxylic acids is 2. The molecule has 10 amide bonds. The molecule has 30 heteroatoms. The molecule has 27 nitrogen and oxygen atoms in total. The van der Waals surface area contributed by atoms with Crippen LogP contribution in [0.3, 0.4) is 0 Å². The van der Waals surface area contributed by atoms with Gasteiger partial charge in [-0.05, 0) is 83.1 Å². The number of aliphatic hydroxyl groups excluding tert-OH is 1. The fraction of sp³-hybridized carbons (Fsp3) is 0.727. The quantitative estimate of drug-likeness (QED) is 0.0315. The number of hydrogen-bond acceptors (Lipinski definition) is 15. The van der Waals surface area contributed by atoms with Gasteiger partial charge in [0.15, 0.2) is 0 Å². The molecule has 8 atom stereocenters. The Morgan fingerprint density at radius 3 is 1.73 bits per heavy atom. The number of alkyl halides is 3. The highest BCUT2D eigenvalue weighted by molar-refractivity contribution is 5.97. The summed E-state index contributed by atoms with van der Waals surface area (Å²) in [6.45, 7) is 7.63. The highest BCUT2D eigenvalue weighted by Gasteiger charge is 2.39. The van der Waals surface area contributed by atoms with Crippen LogP contribution in [0.2, 0.25) is 0 Å². The molecule has 74 heavy (non-hydrogen) atoms. The summed E-state index contributed by atoms with van der Waals surface area (Å²) in [5.41, 5.74) is 10.8. The number of nitrogens with one attached hydrogen (secondary N) is 9. The third kappa shape index (κ3) is 25.3. The SMILES string of the molecule is CC(C)C[C@H](NC(=O)CNC(=O)[C@H](CC(C)C)NC(=O)[C@H](CCC(N)=O)NC(=O)CNC(=O)[C@@H]1C[C@@H](O)CN1)C(=O)N[C@@H](C)C(=O)NCC(=O)N1CCC[C@H]1C(=O)N[C@@H](CCCCN)C(=O)O.O=C(O)C(F)(F)F. The van der Waals surface area contributed by atoms with E-state index in [0.29, 0.717) is 32.2 Å². The van der Waals surface area contributed by atoms with Gasteiger partial charge < -0.3 is 79.5 Å². The van der Waals surface area contributed by atoms with E-state index in [-0.39, 0.29) is 63.5 Å². The zero-order chi connectivity index (χ0) is 56.5. The molecule has 16 N–H and O–H groups in total. The van der Waals surface area contributed by atoms with Crippen molar-refractivity contribution in [2.45, 2.75) is 153 Å². The fourth-order valence-electron chi connectivity index (χ4n) is 7.38. The molecule has 2 heterocycles. The third-order valence-corrected chi connectivity index (χ3v) is 11.1. The molecule has 0 bridgehead atoms. The lowest BCUT2D eigenvalue weighted by atomic mass is 10.0. The number of hydrogen-bond donors (Lipinski definition) is 14. The summed E-state index contributed by atoms with van der Waals surface area (Å²) in [6, 6.07) is -7.70. The van der Waals surface area contributed by atoms with E-state index < -0.39 is 145 Å². The van der Waals surface area contributed by atoms with Gasteiger partial charge in [-0.15, -0.1) is 0 Å². The summed E-state index contributed by atoms with van der Waals surface area (Å²) in [6.07, 6.45) is -3.94. The Morgan fingerprint density at radius 2 is 1.22 bits per heavy atom. The van der Waals surface area contributed by atoms with E-state index in [2.05, 4.69) is 47.9 Å². The number of aliphatic carboxylic acids is 2. The van der Waals surface area contributed by atoms with E-state index in [0.717, 1.165) is 0 Å². The maximum atomic E-state index is 13.4. The van der Waals surface area contributed by atoms with Crippen molar-refractivity contribution < 1.29 is 86.0 Å². The van der Waals surface area contributed by atoms with E-state index in [1.54, 1.807) is 27.7 Å². The monoisotopic (exact) mass is 1070 g/mol. The number of halogens is 3. The molecule has 2 saturated heterocycles. The van der Waals surface area contributed by atoms with Crippen molar-refractivity contribution in [2.24, 2.45) is 23.3 Å². The van der Waals surface area contributed by atoms with E-state index in [4.69, 9.17) is 21.4 Å². The molecule has 2 fully saturated rings. The Balaban J connectivity index is 0.00000363. The maximum Gasteiger partial charge on any atom is 0.490 e. The molecular weight excluding hydrogens is 994 g/mol. The van der Waals surface area contributed by atoms with Crippen molar-refractivity contribution in [3.63, 3.8) is 0 Å².